The maximum Gasteiger partial charge on any atom is 0.274 e. The molecular formula is C20H21Cl3N2O. The van der Waals surface area contributed by atoms with Gasteiger partial charge in [0.15, 0.2) is 0 Å². The lowest BCUT2D eigenvalue weighted by Gasteiger charge is -2.47. The van der Waals surface area contributed by atoms with Crippen molar-refractivity contribution in [2.24, 2.45) is 0 Å². The summed E-state index contributed by atoms with van der Waals surface area (Å²) in [7, 11) is 0. The Morgan fingerprint density at radius 2 is 2.00 bits per heavy atom. The highest BCUT2D eigenvalue weighted by Crippen LogP contribution is 2.44. The SMILES string of the molecule is CCC(C)N(C(=O)c1ncccc1Cl)C1CCC1c1ccc(Cl)cc1Cl. The molecule has 0 bridgehead atoms. The maximum absolute atomic E-state index is 13.2. The summed E-state index contributed by atoms with van der Waals surface area (Å²) < 4.78 is 0. The predicted octanol–water partition coefficient (Wildman–Crippen LogP) is 6.23. The Bertz CT molecular complexity index is 811. The van der Waals surface area contributed by atoms with Gasteiger partial charge in [-0.2, -0.15) is 0 Å². The second-order valence-electron chi connectivity index (χ2n) is 6.72. The van der Waals surface area contributed by atoms with Gasteiger partial charge in [0.1, 0.15) is 5.69 Å². The first-order valence-corrected chi connectivity index (χ1v) is 9.95. The Morgan fingerprint density at radius 1 is 1.23 bits per heavy atom. The Morgan fingerprint density at radius 3 is 2.58 bits per heavy atom. The van der Waals surface area contributed by atoms with E-state index in [1.54, 1.807) is 24.4 Å². The van der Waals surface area contributed by atoms with E-state index in [2.05, 4.69) is 18.8 Å². The standard InChI is InChI=1S/C20H21Cl3N2O/c1-3-12(2)25(20(26)19-16(22)5-4-10-24-19)18-9-8-15(18)14-7-6-13(21)11-17(14)23/h4-7,10-12,15,18H,3,8-9H2,1-2H3. The fourth-order valence-corrected chi connectivity index (χ4v) is 4.27. The van der Waals surface area contributed by atoms with E-state index < -0.39 is 0 Å². The predicted molar refractivity (Wildman–Crippen MR) is 107 cm³/mol. The van der Waals surface area contributed by atoms with Crippen molar-refractivity contribution in [1.82, 2.24) is 9.88 Å². The lowest BCUT2D eigenvalue weighted by atomic mass is 9.73. The van der Waals surface area contributed by atoms with Crippen molar-refractivity contribution in [3.8, 4) is 0 Å². The molecule has 0 aliphatic heterocycles. The molecule has 3 rings (SSSR count). The summed E-state index contributed by atoms with van der Waals surface area (Å²) in [5, 5.41) is 1.65. The third-order valence-corrected chi connectivity index (χ3v) is 6.09. The van der Waals surface area contributed by atoms with Gasteiger partial charge in [-0.3, -0.25) is 4.79 Å². The molecule has 1 heterocycles. The summed E-state index contributed by atoms with van der Waals surface area (Å²) in [5.41, 5.74) is 1.35. The van der Waals surface area contributed by atoms with Crippen LogP contribution in [0.1, 0.15) is 55.1 Å². The van der Waals surface area contributed by atoms with Crippen LogP contribution in [0.15, 0.2) is 36.5 Å². The molecule has 1 amide bonds. The van der Waals surface area contributed by atoms with Crippen LogP contribution in [-0.2, 0) is 0 Å². The van der Waals surface area contributed by atoms with Crippen LogP contribution in [0.2, 0.25) is 15.1 Å². The van der Waals surface area contributed by atoms with E-state index in [4.69, 9.17) is 34.8 Å². The number of benzene rings is 1. The van der Waals surface area contributed by atoms with Crippen LogP contribution < -0.4 is 0 Å². The normalized spacial score (nSPS) is 20.3. The van der Waals surface area contributed by atoms with Crippen LogP contribution >= 0.6 is 34.8 Å². The monoisotopic (exact) mass is 410 g/mol. The number of aromatic nitrogens is 1. The smallest absolute Gasteiger partial charge is 0.274 e. The largest absolute Gasteiger partial charge is 0.331 e. The van der Waals surface area contributed by atoms with Crippen molar-refractivity contribution in [3.05, 3.63) is 62.9 Å². The number of rotatable bonds is 5. The molecular weight excluding hydrogens is 391 g/mol. The summed E-state index contributed by atoms with van der Waals surface area (Å²) in [5.74, 6) is 0.0740. The van der Waals surface area contributed by atoms with Crippen LogP contribution in [0.4, 0.5) is 0 Å². The van der Waals surface area contributed by atoms with Crippen molar-refractivity contribution < 1.29 is 4.79 Å². The zero-order chi connectivity index (χ0) is 18.8. The highest BCUT2D eigenvalue weighted by atomic mass is 35.5. The van der Waals surface area contributed by atoms with Crippen molar-refractivity contribution in [3.63, 3.8) is 0 Å². The minimum absolute atomic E-state index is 0.0780. The average Bonchev–Trinajstić information content (AvgIpc) is 2.60. The van der Waals surface area contributed by atoms with Gasteiger partial charge in [-0.05, 0) is 56.0 Å². The summed E-state index contributed by atoms with van der Waals surface area (Å²) in [4.78, 5) is 19.4. The molecule has 138 valence electrons. The molecule has 1 saturated carbocycles. The van der Waals surface area contributed by atoms with Gasteiger partial charge in [-0.15, -0.1) is 0 Å². The molecule has 0 saturated heterocycles. The van der Waals surface area contributed by atoms with Crippen molar-refractivity contribution >= 4 is 40.7 Å². The maximum atomic E-state index is 13.2. The Labute approximate surface area is 169 Å². The lowest BCUT2D eigenvalue weighted by molar-refractivity contribution is 0.0382. The van der Waals surface area contributed by atoms with Gasteiger partial charge in [0.05, 0.1) is 5.02 Å². The van der Waals surface area contributed by atoms with Gasteiger partial charge in [-0.25, -0.2) is 4.98 Å². The molecule has 0 N–H and O–H groups in total. The third-order valence-electron chi connectivity index (χ3n) is 5.22. The fraction of sp³-hybridized carbons (Fsp3) is 0.400. The number of hydrogen-bond acceptors (Lipinski definition) is 2. The number of carbonyl (C=O) groups excluding carboxylic acids is 1. The summed E-state index contributed by atoms with van der Waals surface area (Å²) in [6, 6.07) is 9.17. The van der Waals surface area contributed by atoms with E-state index in [1.165, 1.54) is 0 Å². The topological polar surface area (TPSA) is 33.2 Å². The molecule has 1 aromatic heterocycles. The van der Waals surface area contributed by atoms with Gasteiger partial charge in [-0.1, -0.05) is 47.8 Å². The van der Waals surface area contributed by atoms with Crippen LogP contribution in [-0.4, -0.2) is 27.9 Å². The molecule has 1 aliphatic carbocycles. The molecule has 6 heteroatoms. The number of pyridine rings is 1. The number of carbonyl (C=O) groups is 1. The van der Waals surface area contributed by atoms with Gasteiger partial charge in [0.2, 0.25) is 0 Å². The van der Waals surface area contributed by atoms with E-state index in [1.807, 2.05) is 17.0 Å². The highest BCUT2D eigenvalue weighted by Gasteiger charge is 2.42. The van der Waals surface area contributed by atoms with Gasteiger partial charge >= 0.3 is 0 Å². The number of halogens is 3. The van der Waals surface area contributed by atoms with E-state index >= 15 is 0 Å². The first-order valence-electron chi connectivity index (χ1n) is 8.82. The highest BCUT2D eigenvalue weighted by molar-refractivity contribution is 6.35. The zero-order valence-corrected chi connectivity index (χ0v) is 17.0. The first-order chi connectivity index (χ1) is 12.4. The Balaban J connectivity index is 1.93. The quantitative estimate of drug-likeness (QED) is 0.584. The van der Waals surface area contributed by atoms with E-state index in [-0.39, 0.29) is 23.9 Å². The second kappa shape index (κ2) is 8.16. The zero-order valence-electron chi connectivity index (χ0n) is 14.8. The van der Waals surface area contributed by atoms with E-state index in [0.717, 1.165) is 24.8 Å². The number of amides is 1. The van der Waals surface area contributed by atoms with Crippen molar-refractivity contribution in [2.75, 3.05) is 0 Å². The molecule has 1 aliphatic rings. The molecule has 26 heavy (non-hydrogen) atoms. The number of nitrogens with zero attached hydrogens (tertiary/aromatic N) is 2. The third kappa shape index (κ3) is 3.71. The first kappa shape index (κ1) is 19.5. The Kier molecular flexibility index (Phi) is 6.11. The average molecular weight is 412 g/mol. The van der Waals surface area contributed by atoms with Gasteiger partial charge < -0.3 is 4.90 Å². The molecule has 0 radical (unpaired) electrons. The van der Waals surface area contributed by atoms with Gasteiger partial charge in [0.25, 0.3) is 5.91 Å². The molecule has 1 fully saturated rings. The Hall–Kier alpha value is -1.29. The van der Waals surface area contributed by atoms with Crippen LogP contribution in [0, 0.1) is 0 Å². The minimum Gasteiger partial charge on any atom is -0.331 e. The van der Waals surface area contributed by atoms with Crippen molar-refractivity contribution in [2.45, 2.75) is 51.1 Å². The van der Waals surface area contributed by atoms with Crippen LogP contribution in [0.5, 0.6) is 0 Å². The minimum atomic E-state index is -0.121. The molecule has 1 aromatic carbocycles. The molecule has 3 nitrogen and oxygen atoms in total. The van der Waals surface area contributed by atoms with Crippen molar-refractivity contribution in [1.29, 1.82) is 0 Å². The van der Waals surface area contributed by atoms with E-state index in [0.29, 0.717) is 20.8 Å². The van der Waals surface area contributed by atoms with E-state index in [9.17, 15) is 4.79 Å². The summed E-state index contributed by atoms with van der Waals surface area (Å²) in [6.07, 6.45) is 4.38. The summed E-state index contributed by atoms with van der Waals surface area (Å²) in [6.45, 7) is 4.14. The molecule has 3 atom stereocenters. The summed E-state index contributed by atoms with van der Waals surface area (Å²) >= 11 is 18.7. The molecule has 3 unspecified atom stereocenters. The van der Waals surface area contributed by atoms with Crippen LogP contribution in [0.3, 0.4) is 0 Å². The number of hydrogen-bond donors (Lipinski definition) is 0. The molecule has 2 aromatic rings. The van der Waals surface area contributed by atoms with Crippen LogP contribution in [0.25, 0.3) is 0 Å². The lowest BCUT2D eigenvalue weighted by Crippen LogP contribution is -2.53. The van der Waals surface area contributed by atoms with Gasteiger partial charge in [0, 0.05) is 34.2 Å². The second-order valence-corrected chi connectivity index (χ2v) is 7.97. The molecule has 0 spiro atoms. The fourth-order valence-electron chi connectivity index (χ4n) is 3.52.